The van der Waals surface area contributed by atoms with Gasteiger partial charge in [0.2, 0.25) is 5.91 Å². The molecule has 1 aromatic carbocycles. The SMILES string of the molecule is NC(=O)N1CCCC(C(=O)Nc2cccc(C(=O)O)c2)C1. The molecule has 112 valence electrons. The average Bonchev–Trinajstić information content (AvgIpc) is 2.47. The van der Waals surface area contributed by atoms with Crippen molar-refractivity contribution in [2.24, 2.45) is 11.7 Å². The minimum atomic E-state index is -1.05. The van der Waals surface area contributed by atoms with E-state index in [0.717, 1.165) is 6.42 Å². The van der Waals surface area contributed by atoms with Gasteiger partial charge in [0.1, 0.15) is 0 Å². The molecular formula is C14H17N3O4. The Balaban J connectivity index is 2.02. The first-order valence-corrected chi connectivity index (χ1v) is 6.66. The number of nitrogens with two attached hydrogens (primary N) is 1. The van der Waals surface area contributed by atoms with Crippen LogP contribution >= 0.6 is 0 Å². The number of primary amides is 1. The molecule has 0 aromatic heterocycles. The van der Waals surface area contributed by atoms with E-state index in [4.69, 9.17) is 10.8 Å². The van der Waals surface area contributed by atoms with Crippen LogP contribution in [0, 0.1) is 5.92 Å². The molecule has 7 heteroatoms. The van der Waals surface area contributed by atoms with Crippen molar-refractivity contribution in [3.8, 4) is 0 Å². The smallest absolute Gasteiger partial charge is 0.335 e. The van der Waals surface area contributed by atoms with E-state index >= 15 is 0 Å². The van der Waals surface area contributed by atoms with Gasteiger partial charge in [-0.15, -0.1) is 0 Å². The highest BCUT2D eigenvalue weighted by Gasteiger charge is 2.27. The zero-order valence-corrected chi connectivity index (χ0v) is 11.4. The number of hydrogen-bond acceptors (Lipinski definition) is 3. The lowest BCUT2D eigenvalue weighted by molar-refractivity contribution is -0.121. The molecule has 1 heterocycles. The Labute approximate surface area is 121 Å². The number of anilines is 1. The molecule has 1 unspecified atom stereocenters. The third-order valence-corrected chi connectivity index (χ3v) is 3.48. The Kier molecular flexibility index (Phi) is 4.42. The van der Waals surface area contributed by atoms with Crippen LogP contribution < -0.4 is 11.1 Å². The molecule has 0 saturated carbocycles. The van der Waals surface area contributed by atoms with E-state index in [9.17, 15) is 14.4 Å². The third-order valence-electron chi connectivity index (χ3n) is 3.48. The monoisotopic (exact) mass is 291 g/mol. The Bertz CT molecular complexity index is 573. The Morgan fingerprint density at radius 3 is 2.76 bits per heavy atom. The second-order valence-electron chi connectivity index (χ2n) is 5.00. The summed E-state index contributed by atoms with van der Waals surface area (Å²) in [5.41, 5.74) is 5.76. The number of rotatable bonds is 3. The Hall–Kier alpha value is -2.57. The summed E-state index contributed by atoms with van der Waals surface area (Å²) in [7, 11) is 0. The fraction of sp³-hybridized carbons (Fsp3) is 0.357. The Morgan fingerprint density at radius 2 is 2.10 bits per heavy atom. The molecule has 1 aromatic rings. The number of nitrogens with one attached hydrogen (secondary N) is 1. The van der Waals surface area contributed by atoms with Crippen molar-refractivity contribution in [3.05, 3.63) is 29.8 Å². The van der Waals surface area contributed by atoms with Crippen LogP contribution in [0.25, 0.3) is 0 Å². The van der Waals surface area contributed by atoms with Crippen molar-refractivity contribution < 1.29 is 19.5 Å². The van der Waals surface area contributed by atoms with Crippen LogP contribution in [-0.2, 0) is 4.79 Å². The van der Waals surface area contributed by atoms with Gasteiger partial charge in [0.05, 0.1) is 11.5 Å². The van der Waals surface area contributed by atoms with Crippen LogP contribution in [-0.4, -0.2) is 41.0 Å². The molecule has 0 radical (unpaired) electrons. The van der Waals surface area contributed by atoms with Gasteiger partial charge < -0.3 is 21.1 Å². The molecule has 3 amide bonds. The minimum Gasteiger partial charge on any atom is -0.478 e. The highest BCUT2D eigenvalue weighted by Crippen LogP contribution is 2.19. The van der Waals surface area contributed by atoms with Gasteiger partial charge in [-0.2, -0.15) is 0 Å². The number of amides is 3. The molecule has 0 spiro atoms. The highest BCUT2D eigenvalue weighted by molar-refractivity contribution is 5.95. The number of piperidine rings is 1. The lowest BCUT2D eigenvalue weighted by atomic mass is 9.97. The third kappa shape index (κ3) is 3.71. The number of nitrogens with zero attached hydrogens (tertiary/aromatic N) is 1. The predicted octanol–water partition coefficient (Wildman–Crippen LogP) is 1.11. The van der Waals surface area contributed by atoms with Crippen molar-refractivity contribution in [3.63, 3.8) is 0 Å². The number of aromatic carboxylic acids is 1. The van der Waals surface area contributed by atoms with Crippen LogP contribution in [0.3, 0.4) is 0 Å². The fourth-order valence-corrected chi connectivity index (χ4v) is 2.37. The van der Waals surface area contributed by atoms with E-state index in [0.29, 0.717) is 25.2 Å². The van der Waals surface area contributed by atoms with Gasteiger partial charge in [-0.25, -0.2) is 9.59 Å². The molecule has 1 atom stereocenters. The summed E-state index contributed by atoms with van der Waals surface area (Å²) in [5, 5.41) is 11.6. The van der Waals surface area contributed by atoms with Gasteiger partial charge in [-0.3, -0.25) is 4.79 Å². The predicted molar refractivity (Wildman–Crippen MR) is 75.9 cm³/mol. The van der Waals surface area contributed by atoms with Crippen LogP contribution in [0.1, 0.15) is 23.2 Å². The number of benzene rings is 1. The van der Waals surface area contributed by atoms with E-state index in [-0.39, 0.29) is 17.4 Å². The number of likely N-dealkylation sites (tertiary alicyclic amines) is 1. The molecule has 0 aliphatic carbocycles. The first-order valence-electron chi connectivity index (χ1n) is 6.66. The molecule has 1 aliphatic rings. The molecule has 2 rings (SSSR count). The number of carboxylic acids is 1. The summed E-state index contributed by atoms with van der Waals surface area (Å²) in [6, 6.07) is 5.51. The fourth-order valence-electron chi connectivity index (χ4n) is 2.37. The number of carbonyl (C=O) groups excluding carboxylic acids is 2. The summed E-state index contributed by atoms with van der Waals surface area (Å²) in [6.45, 7) is 0.855. The van der Waals surface area contributed by atoms with Crippen molar-refractivity contribution in [1.82, 2.24) is 4.90 Å². The summed E-state index contributed by atoms with van der Waals surface area (Å²) < 4.78 is 0. The summed E-state index contributed by atoms with van der Waals surface area (Å²) in [6.07, 6.45) is 1.39. The molecule has 1 aliphatic heterocycles. The van der Waals surface area contributed by atoms with Crippen LogP contribution in [0.2, 0.25) is 0 Å². The van der Waals surface area contributed by atoms with Crippen molar-refractivity contribution in [2.75, 3.05) is 18.4 Å². The highest BCUT2D eigenvalue weighted by atomic mass is 16.4. The second-order valence-corrected chi connectivity index (χ2v) is 5.00. The van der Waals surface area contributed by atoms with Crippen molar-refractivity contribution in [2.45, 2.75) is 12.8 Å². The second kappa shape index (κ2) is 6.25. The van der Waals surface area contributed by atoms with E-state index < -0.39 is 12.0 Å². The lowest BCUT2D eigenvalue weighted by Gasteiger charge is -2.30. The summed E-state index contributed by atoms with van der Waals surface area (Å²) in [5.74, 6) is -1.62. The first kappa shape index (κ1) is 14.8. The maximum Gasteiger partial charge on any atom is 0.335 e. The molecule has 0 bridgehead atoms. The average molecular weight is 291 g/mol. The topological polar surface area (TPSA) is 113 Å². The lowest BCUT2D eigenvalue weighted by Crippen LogP contribution is -2.46. The van der Waals surface area contributed by atoms with Gasteiger partial charge in [0.15, 0.2) is 0 Å². The van der Waals surface area contributed by atoms with E-state index in [2.05, 4.69) is 5.32 Å². The van der Waals surface area contributed by atoms with Gasteiger partial charge in [0.25, 0.3) is 0 Å². The standard InChI is InChI=1S/C14H17N3O4/c15-14(21)17-6-2-4-10(8-17)12(18)16-11-5-1-3-9(7-11)13(19)20/h1,3,5,7,10H,2,4,6,8H2,(H2,15,21)(H,16,18)(H,19,20). The molecule has 4 N–H and O–H groups in total. The number of urea groups is 1. The minimum absolute atomic E-state index is 0.107. The summed E-state index contributed by atoms with van der Waals surface area (Å²) >= 11 is 0. The number of carbonyl (C=O) groups is 3. The van der Waals surface area contributed by atoms with Gasteiger partial charge in [0, 0.05) is 18.8 Å². The maximum atomic E-state index is 12.2. The van der Waals surface area contributed by atoms with Crippen LogP contribution in [0.15, 0.2) is 24.3 Å². The zero-order chi connectivity index (χ0) is 15.4. The van der Waals surface area contributed by atoms with Gasteiger partial charge in [-0.1, -0.05) is 6.07 Å². The first-order chi connectivity index (χ1) is 9.97. The van der Waals surface area contributed by atoms with E-state index in [1.165, 1.54) is 17.0 Å². The maximum absolute atomic E-state index is 12.2. The number of hydrogen-bond donors (Lipinski definition) is 3. The molecule has 7 nitrogen and oxygen atoms in total. The van der Waals surface area contributed by atoms with Crippen LogP contribution in [0.4, 0.5) is 10.5 Å². The number of carboxylic acid groups (broad SMARTS) is 1. The molecule has 1 saturated heterocycles. The molecular weight excluding hydrogens is 274 g/mol. The molecule has 1 fully saturated rings. The van der Waals surface area contributed by atoms with Crippen LogP contribution in [0.5, 0.6) is 0 Å². The Morgan fingerprint density at radius 1 is 1.33 bits per heavy atom. The van der Waals surface area contributed by atoms with Gasteiger partial charge in [-0.05, 0) is 31.0 Å². The quantitative estimate of drug-likeness (QED) is 0.774. The largest absolute Gasteiger partial charge is 0.478 e. The van der Waals surface area contributed by atoms with Gasteiger partial charge >= 0.3 is 12.0 Å². The zero-order valence-electron chi connectivity index (χ0n) is 11.4. The summed E-state index contributed by atoms with van der Waals surface area (Å²) in [4.78, 5) is 35.7. The van der Waals surface area contributed by atoms with E-state index in [1.54, 1.807) is 12.1 Å². The normalized spacial score (nSPS) is 18.1. The van der Waals surface area contributed by atoms with E-state index in [1.807, 2.05) is 0 Å². The van der Waals surface area contributed by atoms with Crippen molar-refractivity contribution >= 4 is 23.6 Å². The van der Waals surface area contributed by atoms with Crippen molar-refractivity contribution in [1.29, 1.82) is 0 Å². The molecule has 21 heavy (non-hydrogen) atoms.